The first kappa shape index (κ1) is 41.0. The van der Waals surface area contributed by atoms with Crippen LogP contribution in [-0.4, -0.2) is 127 Å². The summed E-state index contributed by atoms with van der Waals surface area (Å²) in [6, 6.07) is 6.95. The van der Waals surface area contributed by atoms with Crippen LogP contribution in [0, 0.1) is 0 Å². The highest BCUT2D eigenvalue weighted by atomic mass is 35.5. The number of hydrazone groups is 1. The molecule has 0 aliphatic rings. The van der Waals surface area contributed by atoms with Gasteiger partial charge in [-0.15, -0.1) is 46.4 Å². The van der Waals surface area contributed by atoms with Crippen molar-refractivity contribution >= 4 is 75.4 Å². The van der Waals surface area contributed by atoms with E-state index < -0.39 is 34.3 Å². The second-order valence-corrected chi connectivity index (χ2v) is 17.2. The first-order valence-electron chi connectivity index (χ1n) is 13.0. The number of hydrogen-bond donors (Lipinski definition) is 6. The molecule has 6 N–H and O–H groups in total. The van der Waals surface area contributed by atoms with Gasteiger partial charge >= 0.3 is 22.8 Å². The van der Waals surface area contributed by atoms with Crippen molar-refractivity contribution in [2.24, 2.45) is 5.10 Å². The molecule has 0 aliphatic carbocycles. The van der Waals surface area contributed by atoms with E-state index in [1.54, 1.807) is 45.6 Å². The van der Waals surface area contributed by atoms with E-state index in [4.69, 9.17) is 51.1 Å². The molecule has 0 spiro atoms. The first-order valence-corrected chi connectivity index (χ1v) is 20.0. The van der Waals surface area contributed by atoms with Crippen LogP contribution in [0.1, 0.15) is 18.4 Å². The summed E-state index contributed by atoms with van der Waals surface area (Å²) in [5.41, 5.74) is 0.644. The number of ether oxygens (including phenoxy) is 1. The molecule has 1 aromatic carbocycles. The highest BCUT2D eigenvalue weighted by molar-refractivity contribution is 7.72. The maximum absolute atomic E-state index is 14.1. The predicted octanol–water partition coefficient (Wildman–Crippen LogP) is 3.37. The molecule has 21 heteroatoms. The van der Waals surface area contributed by atoms with Crippen LogP contribution in [-0.2, 0) is 13.7 Å². The molecule has 0 fully saturated rings. The highest BCUT2D eigenvalue weighted by Crippen LogP contribution is 2.68. The van der Waals surface area contributed by atoms with Gasteiger partial charge in [-0.2, -0.15) is 5.10 Å². The van der Waals surface area contributed by atoms with E-state index in [1.165, 1.54) is 6.21 Å². The van der Waals surface area contributed by atoms with Gasteiger partial charge in [0.2, 0.25) is 0 Å². The fourth-order valence-electron chi connectivity index (χ4n) is 3.76. The summed E-state index contributed by atoms with van der Waals surface area (Å²) in [6.07, 6.45) is 1.11. The summed E-state index contributed by atoms with van der Waals surface area (Å²) in [6.45, 7) is 1.59. The molecular weight excluding hydrogens is 713 g/mol. The Kier molecular flexibility index (Phi) is 18.7. The Hall–Kier alpha value is 0.0200. The lowest BCUT2D eigenvalue weighted by Crippen LogP contribution is -2.40. The summed E-state index contributed by atoms with van der Waals surface area (Å²) < 4.78 is 46.2. The maximum Gasteiger partial charge on any atom is 0.369 e. The Bertz CT molecular complexity index is 1090. The maximum atomic E-state index is 14.1. The molecule has 0 unspecified atom stereocenters. The van der Waals surface area contributed by atoms with Crippen LogP contribution in [0.3, 0.4) is 0 Å². The fraction of sp³-hybridized carbons (Fsp3) is 0.682. The van der Waals surface area contributed by atoms with Crippen LogP contribution >= 0.6 is 69.2 Å². The zero-order valence-electron chi connectivity index (χ0n) is 23.6. The van der Waals surface area contributed by atoms with Crippen molar-refractivity contribution in [1.82, 2.24) is 19.4 Å². The number of nitrogens with zero attached hydrogens (tertiary/aromatic N) is 4. The van der Waals surface area contributed by atoms with Gasteiger partial charge < -0.3 is 34.3 Å². The summed E-state index contributed by atoms with van der Waals surface area (Å²) >= 11 is 23.8. The van der Waals surface area contributed by atoms with Gasteiger partial charge in [0.05, 0.1) is 12.8 Å². The molecule has 0 radical (unpaired) electrons. The van der Waals surface area contributed by atoms with Gasteiger partial charge in [0.15, 0.2) is 0 Å². The minimum Gasteiger partial charge on any atom is -0.494 e. The lowest BCUT2D eigenvalue weighted by molar-refractivity contribution is 0.111. The number of hydrogen-bond acceptors (Lipinski definition) is 7. The molecule has 0 aromatic heterocycles. The SMILES string of the molecule is CN(CCCOc1cccc(/C=N/NP(=O)(N(CCCl)CCCl)N(CCCl)CCCl)c1)CCC(O)(P(=O)(O)O)P(=O)(O)O. The van der Waals surface area contributed by atoms with Gasteiger partial charge in [0, 0.05) is 69.2 Å². The molecule has 1 aromatic rings. The van der Waals surface area contributed by atoms with Gasteiger partial charge in [-0.1, -0.05) is 12.1 Å². The van der Waals surface area contributed by atoms with Gasteiger partial charge in [-0.25, -0.2) is 14.5 Å². The summed E-state index contributed by atoms with van der Waals surface area (Å²) in [5.74, 6) is 1.41. The molecule has 1 rings (SSSR count). The van der Waals surface area contributed by atoms with Gasteiger partial charge in [0.25, 0.3) is 5.08 Å². The summed E-state index contributed by atoms with van der Waals surface area (Å²) in [7, 11) is -12.9. The monoisotopic (exact) mass is 751 g/mol. The smallest absolute Gasteiger partial charge is 0.369 e. The van der Waals surface area contributed by atoms with Crippen molar-refractivity contribution < 1.29 is 43.1 Å². The standard InChI is InChI=1S/C22H40Cl4N5O9P3/c1-29(12-6-22(32,41(33,34)35)42(36,37)38)11-3-17-40-21-5-2-4-20(18-21)19-27-28-43(39,30(13-7-23)14-8-24)31(15-9-25)16-10-26/h2,4-5,18-19,32H,3,6-17H2,1H3,(H,28,39)(H2,33,34,35)(H2,36,37,38)/b27-19+. The average Bonchev–Trinajstić information content (AvgIpc) is 2.92. The molecule has 0 saturated carbocycles. The zero-order chi connectivity index (χ0) is 32.7. The minimum absolute atomic E-state index is 0.185. The number of alkyl halides is 4. The number of rotatable bonds is 23. The van der Waals surface area contributed by atoms with E-state index in [9.17, 15) is 38.4 Å². The topological polar surface area (TPSA) is 196 Å². The van der Waals surface area contributed by atoms with Crippen LogP contribution in [0.4, 0.5) is 0 Å². The van der Waals surface area contributed by atoms with E-state index in [1.807, 2.05) is 0 Å². The quantitative estimate of drug-likeness (QED) is 0.0314. The second kappa shape index (κ2) is 19.6. The lowest BCUT2D eigenvalue weighted by atomic mass is 10.2. The molecule has 0 aliphatic heterocycles. The van der Waals surface area contributed by atoms with Gasteiger partial charge in [-0.05, 0) is 31.2 Å². The predicted molar refractivity (Wildman–Crippen MR) is 172 cm³/mol. The third-order valence-corrected chi connectivity index (χ3v) is 13.4. The van der Waals surface area contributed by atoms with Gasteiger partial charge in [0.1, 0.15) is 5.75 Å². The number of halogens is 4. The largest absolute Gasteiger partial charge is 0.494 e. The second-order valence-electron chi connectivity index (χ2n) is 9.26. The van der Waals surface area contributed by atoms with E-state index in [0.717, 1.165) is 0 Å². The Morgan fingerprint density at radius 1 is 0.884 bits per heavy atom. The molecule has 0 amide bonds. The van der Waals surface area contributed by atoms with Crippen LogP contribution in [0.15, 0.2) is 29.4 Å². The fourth-order valence-corrected chi connectivity index (χ4v) is 9.49. The van der Waals surface area contributed by atoms with Crippen molar-refractivity contribution in [2.45, 2.75) is 17.9 Å². The molecule has 0 atom stereocenters. The zero-order valence-corrected chi connectivity index (χ0v) is 29.3. The molecule has 0 saturated heterocycles. The van der Waals surface area contributed by atoms with Crippen LogP contribution in [0.2, 0.25) is 0 Å². The van der Waals surface area contributed by atoms with Crippen molar-refractivity contribution in [3.8, 4) is 5.75 Å². The third-order valence-electron chi connectivity index (χ3n) is 6.11. The first-order chi connectivity index (χ1) is 20.1. The van der Waals surface area contributed by atoms with E-state index >= 15 is 0 Å². The number of aliphatic hydroxyl groups is 1. The summed E-state index contributed by atoms with van der Waals surface area (Å²) in [4.78, 5) is 38.6. The van der Waals surface area contributed by atoms with Gasteiger partial charge in [-0.3, -0.25) is 13.7 Å². The highest BCUT2D eigenvalue weighted by Gasteiger charge is 2.58. The van der Waals surface area contributed by atoms with Crippen LogP contribution in [0.25, 0.3) is 0 Å². The Balaban J connectivity index is 2.81. The Morgan fingerprint density at radius 2 is 1.40 bits per heavy atom. The normalized spacial score (nSPS) is 13.5. The molecule has 0 heterocycles. The van der Waals surface area contributed by atoms with E-state index in [-0.39, 0.29) is 36.7 Å². The molecule has 43 heavy (non-hydrogen) atoms. The van der Waals surface area contributed by atoms with Crippen LogP contribution < -0.4 is 9.93 Å². The number of benzene rings is 1. The van der Waals surface area contributed by atoms with Crippen molar-refractivity contribution in [3.05, 3.63) is 29.8 Å². The Labute approximate surface area is 272 Å². The third kappa shape index (κ3) is 13.0. The van der Waals surface area contributed by atoms with Crippen molar-refractivity contribution in [2.75, 3.05) is 76.4 Å². The Morgan fingerprint density at radius 3 is 1.86 bits per heavy atom. The van der Waals surface area contributed by atoms with Crippen molar-refractivity contribution in [1.29, 1.82) is 0 Å². The molecule has 14 nitrogen and oxygen atoms in total. The molecule has 250 valence electrons. The minimum atomic E-state index is -5.50. The van der Waals surface area contributed by atoms with E-state index in [0.29, 0.717) is 50.5 Å². The van der Waals surface area contributed by atoms with Crippen molar-refractivity contribution in [3.63, 3.8) is 0 Å². The summed E-state index contributed by atoms with van der Waals surface area (Å²) in [5, 5.41) is 13.6. The molecular formula is C22H40Cl4N5O9P3. The molecule has 0 bridgehead atoms. The lowest BCUT2D eigenvalue weighted by Gasteiger charge is -2.37. The number of nitrogens with one attached hydrogen (secondary N) is 1. The van der Waals surface area contributed by atoms with Crippen LogP contribution in [0.5, 0.6) is 5.75 Å². The average molecular weight is 753 g/mol. The van der Waals surface area contributed by atoms with E-state index in [2.05, 4.69) is 10.3 Å².